The standard InChI is InChI=1S/C35H48FN7O5.C31H41FN6O3.C9H17NO4/c1-23(40(8)33(47)48-35(5,6)7)29(44)39-28(34(2,3)4)31(46)43-19-9-11-26(43)21-41(20-16-24-12-14-25(36)15-13-24)30(45)27-22-42-18-10-17-37-32(42)38-27;1-6-21(2)27(39)35-26(31(3,4)5)29(41)38-17-7-9-24(38)19-36(18-14-22-10-12-23(32)13-11-22)28(40)25-20-37-16-8-15-33-30(37)34-25;1-6(7(11)12)10(5)8(13)14-9(2,3)4/h10,12-15,17-18,22-23,26,28H,9,11,16,19-21H2,1-8H3,(H,39,44);8,10-13,15-16,20-21,24,26H,6-7,9,14,17-19H2,1-5H3,(H,35,39);6H,1-5H3,(H,11,12)/t23-,26-,28+;21-,24+,26-;6-/m010/s1. The molecule has 0 aliphatic carbocycles. The Morgan fingerprint density at radius 1 is 0.573 bits per heavy atom. The monoisotopic (exact) mass is 1430 g/mol. The summed E-state index contributed by atoms with van der Waals surface area (Å²) < 4.78 is 40.8. The van der Waals surface area contributed by atoms with E-state index < -0.39 is 70.3 Å². The number of aromatic nitrogens is 6. The molecule has 2 saturated heterocycles. The summed E-state index contributed by atoms with van der Waals surface area (Å²) in [4.78, 5) is 143. The quantitative estimate of drug-likeness (QED) is 0.0569. The molecule has 2 aliphatic heterocycles. The fourth-order valence-electron chi connectivity index (χ4n) is 11.4. The first-order chi connectivity index (χ1) is 48.1. The number of aliphatic carboxylic acids is 1. The number of carbonyl (C=O) groups excluding carboxylic acids is 8. The van der Waals surface area contributed by atoms with E-state index in [9.17, 15) is 51.9 Å². The van der Waals surface area contributed by atoms with Crippen LogP contribution in [-0.4, -0.2) is 218 Å². The molecule has 4 aromatic heterocycles. The van der Waals surface area contributed by atoms with Crippen molar-refractivity contribution in [3.63, 3.8) is 0 Å². The summed E-state index contributed by atoms with van der Waals surface area (Å²) in [7, 11) is 2.88. The van der Waals surface area contributed by atoms with Crippen LogP contribution in [0.2, 0.25) is 0 Å². The zero-order valence-electron chi connectivity index (χ0n) is 63.0. The van der Waals surface area contributed by atoms with Gasteiger partial charge in [-0.15, -0.1) is 0 Å². The van der Waals surface area contributed by atoms with Gasteiger partial charge in [0.15, 0.2) is 0 Å². The number of amides is 8. The summed E-state index contributed by atoms with van der Waals surface area (Å²) in [5.74, 6) is -2.63. The van der Waals surface area contributed by atoms with E-state index in [1.807, 2.05) is 60.3 Å². The van der Waals surface area contributed by atoms with E-state index in [0.717, 1.165) is 35.3 Å². The first kappa shape index (κ1) is 82.3. The van der Waals surface area contributed by atoms with Gasteiger partial charge in [-0.05, 0) is 159 Å². The zero-order valence-corrected chi connectivity index (χ0v) is 63.0. The van der Waals surface area contributed by atoms with E-state index in [2.05, 4.69) is 30.6 Å². The normalized spacial score (nSPS) is 16.2. The Kier molecular flexibility index (Phi) is 28.4. The second-order valence-corrected chi connectivity index (χ2v) is 30.6. The maximum atomic E-state index is 14.2. The Bertz CT molecular complexity index is 3830. The maximum absolute atomic E-state index is 14.2. The van der Waals surface area contributed by atoms with Crippen molar-refractivity contribution < 1.29 is 66.5 Å². The van der Waals surface area contributed by atoms with Gasteiger partial charge in [0.1, 0.15) is 58.4 Å². The molecule has 103 heavy (non-hydrogen) atoms. The number of nitrogens with one attached hydrogen (secondary N) is 2. The number of carboxylic acids is 1. The van der Waals surface area contributed by atoms with Gasteiger partial charge >= 0.3 is 18.2 Å². The molecule has 0 unspecified atom stereocenters. The highest BCUT2D eigenvalue weighted by Gasteiger charge is 2.44. The number of rotatable bonds is 22. The number of benzene rings is 2. The van der Waals surface area contributed by atoms with Gasteiger partial charge in [-0.2, -0.15) is 0 Å². The number of carbonyl (C=O) groups is 9. The van der Waals surface area contributed by atoms with E-state index in [0.29, 0.717) is 70.0 Å². The predicted molar refractivity (Wildman–Crippen MR) is 384 cm³/mol. The van der Waals surface area contributed by atoms with Crippen LogP contribution in [0.5, 0.6) is 0 Å². The SMILES string of the molecule is CC[C@@H](C)C(=O)N[C@H](C(=O)N1CCC[C@H]1CN(CCc1ccc(F)cc1)C(=O)c1cn2cccnc2n1)C(C)(C)C.C[C@@H](C(=O)N[C@H](C(=O)N1CCC[C@H]1CN(CCc1ccc(F)cc1)C(=O)c1cn2cccnc2n1)C(C)(C)C)N(C)C(=O)OC(C)(C)C.C[C@@H](C(=O)O)N(C)C(=O)OC(C)(C)C. The molecule has 2 aromatic carbocycles. The first-order valence-electron chi connectivity index (χ1n) is 35.1. The van der Waals surface area contributed by atoms with Crippen LogP contribution < -0.4 is 10.6 Å². The highest BCUT2D eigenvalue weighted by atomic mass is 19.1. The number of halogens is 2. The number of likely N-dealkylation sites (tertiary alicyclic amines) is 2. The van der Waals surface area contributed by atoms with Crippen molar-refractivity contribution in [3.8, 4) is 0 Å². The van der Waals surface area contributed by atoms with Gasteiger partial charge in [0.2, 0.25) is 35.2 Å². The largest absolute Gasteiger partial charge is 0.480 e. The van der Waals surface area contributed by atoms with Crippen LogP contribution in [0, 0.1) is 28.4 Å². The van der Waals surface area contributed by atoms with E-state index in [1.165, 1.54) is 50.2 Å². The Morgan fingerprint density at radius 2 is 0.942 bits per heavy atom. The van der Waals surface area contributed by atoms with Gasteiger partial charge in [-0.3, -0.25) is 47.4 Å². The van der Waals surface area contributed by atoms with Crippen molar-refractivity contribution in [2.75, 3.05) is 53.4 Å². The highest BCUT2D eigenvalue weighted by Crippen LogP contribution is 2.30. The van der Waals surface area contributed by atoms with Crippen molar-refractivity contribution in [3.05, 3.63) is 132 Å². The summed E-state index contributed by atoms with van der Waals surface area (Å²) in [6, 6.07) is 12.0. The Morgan fingerprint density at radius 3 is 1.28 bits per heavy atom. The van der Waals surface area contributed by atoms with Gasteiger partial charge in [0.25, 0.3) is 11.8 Å². The third-order valence-electron chi connectivity index (χ3n) is 18.0. The third kappa shape index (κ3) is 23.7. The first-order valence-corrected chi connectivity index (χ1v) is 35.1. The number of fused-ring (bicyclic) bond motifs is 2. The lowest BCUT2D eigenvalue weighted by molar-refractivity contribution is -0.142. The third-order valence-corrected chi connectivity index (χ3v) is 18.0. The number of nitrogens with zero attached hydrogens (tertiary/aromatic N) is 12. The smallest absolute Gasteiger partial charge is 0.410 e. The summed E-state index contributed by atoms with van der Waals surface area (Å²) in [5, 5.41) is 14.6. The minimum atomic E-state index is -1.06. The Hall–Kier alpha value is -9.63. The number of hydrogen-bond donors (Lipinski definition) is 3. The molecule has 0 saturated carbocycles. The van der Waals surface area contributed by atoms with Gasteiger partial charge in [-0.1, -0.05) is 79.7 Å². The number of ether oxygens (including phenoxy) is 2. The molecule has 2 fully saturated rings. The lowest BCUT2D eigenvalue weighted by Crippen LogP contribution is -2.59. The summed E-state index contributed by atoms with van der Waals surface area (Å²) in [6.45, 7) is 31.0. The molecule has 0 radical (unpaired) electrons. The van der Waals surface area contributed by atoms with Crippen LogP contribution in [0.3, 0.4) is 0 Å². The maximum Gasteiger partial charge on any atom is 0.410 e. The fraction of sp³-hybridized carbons (Fsp3) is 0.560. The zero-order chi connectivity index (χ0) is 76.6. The van der Waals surface area contributed by atoms with Gasteiger partial charge in [-0.25, -0.2) is 43.1 Å². The van der Waals surface area contributed by atoms with E-state index in [1.54, 1.807) is 146 Å². The van der Waals surface area contributed by atoms with Crippen LogP contribution in [0.15, 0.2) is 97.8 Å². The van der Waals surface area contributed by atoms with Crippen molar-refractivity contribution >= 4 is 65.2 Å². The molecule has 6 heterocycles. The van der Waals surface area contributed by atoms with Crippen LogP contribution in [-0.2, 0) is 46.3 Å². The van der Waals surface area contributed by atoms with E-state index in [4.69, 9.17) is 14.6 Å². The fourth-order valence-corrected chi connectivity index (χ4v) is 11.4. The average Bonchev–Trinajstić information content (AvgIpc) is 1.68. The van der Waals surface area contributed by atoms with Crippen LogP contribution in [0.25, 0.3) is 11.6 Å². The van der Waals surface area contributed by atoms with Gasteiger partial charge in [0.05, 0.1) is 0 Å². The van der Waals surface area contributed by atoms with Crippen LogP contribution in [0.1, 0.15) is 175 Å². The summed E-state index contributed by atoms with van der Waals surface area (Å²) in [5.41, 5.74) is -0.220. The molecule has 6 aromatic rings. The molecule has 7 atom stereocenters. The predicted octanol–water partition coefficient (Wildman–Crippen LogP) is 9.78. The van der Waals surface area contributed by atoms with Crippen LogP contribution in [0.4, 0.5) is 18.4 Å². The molecule has 8 amide bonds. The molecule has 28 heteroatoms. The lowest BCUT2D eigenvalue weighted by atomic mass is 9.85. The summed E-state index contributed by atoms with van der Waals surface area (Å²) >= 11 is 0. The van der Waals surface area contributed by atoms with Gasteiger partial charge in [0, 0.05) is 109 Å². The molecular weight excluding hydrogens is 1330 g/mol. The molecule has 3 N–H and O–H groups in total. The minimum absolute atomic E-state index is 0.125. The second kappa shape index (κ2) is 35.5. The van der Waals surface area contributed by atoms with Crippen molar-refractivity contribution in [1.82, 2.24) is 68.8 Å². The molecular formula is C75H106F2N14O12. The second-order valence-electron chi connectivity index (χ2n) is 30.6. The number of carboxylic acid groups (broad SMARTS) is 1. The van der Waals surface area contributed by atoms with E-state index in [-0.39, 0.29) is 77.1 Å². The van der Waals surface area contributed by atoms with Crippen molar-refractivity contribution in [2.24, 2.45) is 16.7 Å². The number of imidazole rings is 2. The molecule has 0 bridgehead atoms. The number of likely N-dealkylation sites (N-methyl/N-ethyl adjacent to an activating group) is 2. The Labute approximate surface area is 603 Å². The topological polar surface area (TPSA) is 296 Å². The average molecular weight is 1430 g/mol. The van der Waals surface area contributed by atoms with Gasteiger partial charge < -0.3 is 44.8 Å². The molecule has 26 nitrogen and oxygen atoms in total. The number of hydrogen-bond acceptors (Lipinski definition) is 15. The van der Waals surface area contributed by atoms with Crippen LogP contribution >= 0.6 is 0 Å². The highest BCUT2D eigenvalue weighted by molar-refractivity contribution is 5.95. The molecule has 562 valence electrons. The van der Waals surface area contributed by atoms with E-state index >= 15 is 0 Å². The lowest BCUT2D eigenvalue weighted by Gasteiger charge is -2.38. The van der Waals surface area contributed by atoms with Crippen molar-refractivity contribution in [1.29, 1.82) is 0 Å². The summed E-state index contributed by atoms with van der Waals surface area (Å²) in [6.07, 6.45) is 13.4. The Balaban J connectivity index is 0.000000275. The molecule has 2 aliphatic rings. The molecule has 0 spiro atoms. The minimum Gasteiger partial charge on any atom is -0.480 e. The van der Waals surface area contributed by atoms with Crippen molar-refractivity contribution in [2.45, 2.75) is 203 Å². The molecule has 8 rings (SSSR count).